The third-order valence-electron chi connectivity index (χ3n) is 18.2. The lowest BCUT2D eigenvalue weighted by Gasteiger charge is -2.74. The zero-order chi connectivity index (χ0) is 32.3. The molecule has 3 heteroatoms. The van der Waals surface area contributed by atoms with Gasteiger partial charge < -0.3 is 9.84 Å². The van der Waals surface area contributed by atoms with Gasteiger partial charge in [0.05, 0.1) is 11.6 Å². The van der Waals surface area contributed by atoms with Gasteiger partial charge in [-0.25, -0.2) is 0 Å². The lowest BCUT2D eigenvalue weighted by molar-refractivity contribution is -0.237. The third-order valence-corrected chi connectivity index (χ3v) is 18.2. The highest BCUT2D eigenvalue weighted by Crippen LogP contribution is 2.90. The van der Waals surface area contributed by atoms with Crippen LogP contribution >= 0.6 is 0 Å². The summed E-state index contributed by atoms with van der Waals surface area (Å²) < 4.78 is 6.86. The van der Waals surface area contributed by atoms with E-state index in [0.29, 0.717) is 40.4 Å². The molecule has 0 aromatic heterocycles. The maximum absolute atomic E-state index is 9.72. The highest BCUT2D eigenvalue weighted by atomic mass is 16.5. The van der Waals surface area contributed by atoms with Crippen LogP contribution in [0.1, 0.15) is 150 Å². The molecule has 7 aliphatic carbocycles. The van der Waals surface area contributed by atoms with Crippen LogP contribution in [0.4, 0.5) is 0 Å². The van der Waals surface area contributed by atoms with Crippen molar-refractivity contribution in [3.05, 3.63) is 35.5 Å². The van der Waals surface area contributed by atoms with Crippen molar-refractivity contribution < 1.29 is 9.84 Å². The molecular weight excluding hydrogens is 574 g/mol. The van der Waals surface area contributed by atoms with Gasteiger partial charge in [-0.2, -0.15) is 0 Å². The molecule has 2 bridgehead atoms. The first kappa shape index (κ1) is 32.0. The summed E-state index contributed by atoms with van der Waals surface area (Å²) in [5, 5.41) is 9.72. The Morgan fingerprint density at radius 2 is 1.87 bits per heavy atom. The minimum Gasteiger partial charge on any atom is -0.396 e. The fourth-order valence-electron chi connectivity index (χ4n) is 16.6. The first-order chi connectivity index (χ1) is 22.8. The molecule has 1 saturated heterocycles. The van der Waals surface area contributed by atoms with E-state index in [4.69, 9.17) is 4.74 Å². The van der Waals surface area contributed by atoms with Crippen molar-refractivity contribution in [3.63, 3.8) is 0 Å². The lowest BCUT2D eigenvalue weighted by Crippen LogP contribution is -2.73. The summed E-state index contributed by atoms with van der Waals surface area (Å²) in [5.74, 6) is 3.93. The first-order valence-corrected chi connectivity index (χ1v) is 20.9. The predicted octanol–water partition coefficient (Wildman–Crippen LogP) is 10.2. The molecule has 9 rings (SSSR count). The molecular formula is C44H67NO2. The van der Waals surface area contributed by atoms with Gasteiger partial charge in [0.1, 0.15) is 0 Å². The summed E-state index contributed by atoms with van der Waals surface area (Å²) in [4.78, 5) is 3.15. The molecule has 1 N–H and O–H groups in total. The van der Waals surface area contributed by atoms with E-state index in [1.165, 1.54) is 122 Å². The fourth-order valence-corrected chi connectivity index (χ4v) is 16.6. The number of hydrogen-bond donors (Lipinski definition) is 1. The van der Waals surface area contributed by atoms with Crippen molar-refractivity contribution >= 4 is 0 Å². The Hall–Kier alpha value is -0.900. The molecule has 0 radical (unpaired) electrons. The van der Waals surface area contributed by atoms with Gasteiger partial charge in [-0.15, -0.1) is 0 Å². The van der Waals surface area contributed by atoms with E-state index in [-0.39, 0.29) is 11.0 Å². The fraction of sp³-hybridized carbons (Fsp3) is 0.864. The van der Waals surface area contributed by atoms with E-state index in [9.17, 15) is 5.11 Å². The number of nitrogens with zero attached hydrogens (tertiary/aromatic N) is 1. The van der Waals surface area contributed by atoms with Crippen LogP contribution in [-0.2, 0) is 4.74 Å². The van der Waals surface area contributed by atoms with Crippen molar-refractivity contribution in [2.75, 3.05) is 19.8 Å². The van der Waals surface area contributed by atoms with E-state index in [1.54, 1.807) is 5.57 Å². The summed E-state index contributed by atoms with van der Waals surface area (Å²) in [6.07, 6.45) is 37.1. The normalized spacial score (nSPS) is 53.0. The molecule has 9 aliphatic rings. The zero-order valence-electron chi connectivity index (χ0n) is 30.6. The molecule has 2 aliphatic heterocycles. The second-order valence-electron chi connectivity index (χ2n) is 19.2. The predicted molar refractivity (Wildman–Crippen MR) is 192 cm³/mol. The van der Waals surface area contributed by atoms with Gasteiger partial charge in [-0.05, 0) is 144 Å². The minimum atomic E-state index is 0.0507. The van der Waals surface area contributed by atoms with Gasteiger partial charge in [0.15, 0.2) is 0 Å². The van der Waals surface area contributed by atoms with E-state index in [2.05, 4.69) is 56.9 Å². The van der Waals surface area contributed by atoms with E-state index in [0.717, 1.165) is 36.7 Å². The average Bonchev–Trinajstić information content (AvgIpc) is 3.26. The van der Waals surface area contributed by atoms with Gasteiger partial charge in [0, 0.05) is 36.1 Å². The largest absolute Gasteiger partial charge is 0.396 e. The number of hydrogen-bond acceptors (Lipinski definition) is 3. The number of aliphatic hydroxyl groups excluding tert-OH is 1. The average molecular weight is 642 g/mol. The number of ether oxygens (including phenoxy) is 1. The maximum atomic E-state index is 9.72. The maximum Gasteiger partial charge on any atom is 0.0652 e. The second kappa shape index (κ2) is 11.0. The van der Waals surface area contributed by atoms with Crippen LogP contribution in [0.3, 0.4) is 0 Å². The summed E-state index contributed by atoms with van der Waals surface area (Å²) in [6.45, 7) is 13.1. The standard InChI is InChI=1S/C44H67NO2/c1-5-6-7-8-9-26-47-35-14-13-34-16-21-40(37(34)27-35)28-32(3)43-24-15-31(2)38(43)29-44(40)39(43,4)19-11-20-42(44)23-18-36-33(12-10-25-46)17-22-41(36)30-45(41)42/h11,18,20,23,32-37,46H,5-10,12-17,19,21-22,24-30H2,1-4H3/t32-,33+,34-,35-,36-,37+,39-,40-,41-,42+,43-,44-,45?/m1/s1. The number of allylic oxidation sites excluding steroid dienone is 3. The van der Waals surface area contributed by atoms with Crippen LogP contribution in [-0.4, -0.2) is 46.9 Å². The molecule has 6 fully saturated rings. The van der Waals surface area contributed by atoms with Crippen molar-refractivity contribution in [1.82, 2.24) is 4.90 Å². The highest BCUT2D eigenvalue weighted by molar-refractivity contribution is 5.54. The van der Waals surface area contributed by atoms with Crippen LogP contribution in [0.2, 0.25) is 0 Å². The minimum absolute atomic E-state index is 0.0507. The molecule has 2 heterocycles. The molecule has 0 aromatic rings. The molecule has 4 spiro atoms. The number of rotatable bonds is 10. The Kier molecular flexibility index (Phi) is 7.53. The van der Waals surface area contributed by atoms with Crippen LogP contribution in [0, 0.1) is 51.2 Å². The van der Waals surface area contributed by atoms with Crippen LogP contribution in [0.15, 0.2) is 35.5 Å². The molecule has 47 heavy (non-hydrogen) atoms. The Balaban J connectivity index is 1.14. The molecule has 3 nitrogen and oxygen atoms in total. The van der Waals surface area contributed by atoms with Gasteiger partial charge >= 0.3 is 0 Å². The molecule has 260 valence electrons. The van der Waals surface area contributed by atoms with Crippen molar-refractivity contribution in [3.8, 4) is 0 Å². The first-order valence-electron chi connectivity index (χ1n) is 20.9. The van der Waals surface area contributed by atoms with E-state index >= 15 is 0 Å². The van der Waals surface area contributed by atoms with Crippen molar-refractivity contribution in [2.24, 2.45) is 51.2 Å². The molecule has 0 amide bonds. The smallest absolute Gasteiger partial charge is 0.0652 e. The number of aliphatic hydroxyl groups is 1. The Morgan fingerprint density at radius 3 is 2.72 bits per heavy atom. The summed E-state index contributed by atoms with van der Waals surface area (Å²) in [5.41, 5.74) is 5.49. The summed E-state index contributed by atoms with van der Waals surface area (Å²) >= 11 is 0. The monoisotopic (exact) mass is 642 g/mol. The van der Waals surface area contributed by atoms with Gasteiger partial charge in [-0.1, -0.05) is 81.9 Å². The van der Waals surface area contributed by atoms with Crippen LogP contribution in [0.25, 0.3) is 0 Å². The van der Waals surface area contributed by atoms with Crippen molar-refractivity contribution in [1.29, 1.82) is 0 Å². The summed E-state index contributed by atoms with van der Waals surface area (Å²) in [6, 6.07) is 0. The Labute approximate surface area is 287 Å². The van der Waals surface area contributed by atoms with Crippen LogP contribution in [0.5, 0.6) is 0 Å². The Bertz CT molecular complexity index is 1350. The second-order valence-corrected chi connectivity index (χ2v) is 19.2. The Morgan fingerprint density at radius 1 is 1.00 bits per heavy atom. The molecule has 0 aromatic carbocycles. The van der Waals surface area contributed by atoms with E-state index < -0.39 is 0 Å². The van der Waals surface area contributed by atoms with Gasteiger partial charge in [0.25, 0.3) is 0 Å². The van der Waals surface area contributed by atoms with E-state index in [1.807, 2.05) is 5.57 Å². The number of unbranched alkanes of at least 4 members (excludes halogenated alkanes) is 4. The molecule has 13 atom stereocenters. The highest BCUT2D eigenvalue weighted by Gasteiger charge is 2.87. The summed E-state index contributed by atoms with van der Waals surface area (Å²) in [7, 11) is 0. The van der Waals surface area contributed by atoms with Crippen LogP contribution < -0.4 is 0 Å². The third kappa shape index (κ3) is 3.77. The zero-order valence-corrected chi connectivity index (χ0v) is 30.6. The molecule has 1 unspecified atom stereocenters. The van der Waals surface area contributed by atoms with Crippen molar-refractivity contribution in [2.45, 2.75) is 167 Å². The quantitative estimate of drug-likeness (QED) is 0.146. The topological polar surface area (TPSA) is 32.5 Å². The SMILES string of the molecule is CCCCCCCO[C@@H]1CC[C@@H]2CC[C@@]3(C[C@@H](C)[C@]45CCC(C)=C4C[C@]34[C@]3(C=CC[C@@]45C)C=C[C@@H]4[C@@H](CCCO)CC[C@@]45CN53)[C@H]2C1. The van der Waals surface area contributed by atoms with Gasteiger partial charge in [-0.3, -0.25) is 4.90 Å². The van der Waals surface area contributed by atoms with Gasteiger partial charge in [0.2, 0.25) is 0 Å². The lowest BCUT2D eigenvalue weighted by atomic mass is 9.31. The molecule has 5 saturated carbocycles. The number of fused-ring (bicyclic) bond motifs is 3.